The molecular weight excluding hydrogens is 779 g/mol. The van der Waals surface area contributed by atoms with Crippen LogP contribution in [0.15, 0.2) is 224 Å². The van der Waals surface area contributed by atoms with Crippen molar-refractivity contribution in [3.63, 3.8) is 0 Å². The van der Waals surface area contributed by atoms with Crippen molar-refractivity contribution in [3.05, 3.63) is 230 Å². The first-order valence-corrected chi connectivity index (χ1v) is 21.9. The average molecular weight is 818 g/mol. The Hall–Kier alpha value is -8.41. The first-order valence-electron chi connectivity index (χ1n) is 21.9. The number of nitrogens with zero attached hydrogens (tertiary/aromatic N) is 5. The summed E-state index contributed by atoms with van der Waals surface area (Å²) in [6, 6.07) is 71.8. The molecule has 1 aliphatic carbocycles. The van der Waals surface area contributed by atoms with E-state index in [0.717, 1.165) is 50.1 Å². The number of allylic oxidation sites excluding steroid dienone is 4. The summed E-state index contributed by atoms with van der Waals surface area (Å²) in [6.45, 7) is 0. The Bertz CT molecular complexity index is 3630. The molecule has 2 aliphatic rings. The second kappa shape index (κ2) is 14.6. The first kappa shape index (κ1) is 36.3. The van der Waals surface area contributed by atoms with E-state index in [4.69, 9.17) is 15.0 Å². The van der Waals surface area contributed by atoms with Crippen molar-refractivity contribution in [3.8, 4) is 51.0 Å². The van der Waals surface area contributed by atoms with Crippen molar-refractivity contribution in [1.82, 2.24) is 19.5 Å². The molecule has 1 atom stereocenters. The van der Waals surface area contributed by atoms with Crippen LogP contribution in [0.4, 0.5) is 11.4 Å². The highest BCUT2D eigenvalue weighted by Gasteiger charge is 2.35. The number of aromatic nitrogens is 4. The molecule has 5 nitrogen and oxygen atoms in total. The second-order valence-corrected chi connectivity index (χ2v) is 16.8. The maximum absolute atomic E-state index is 5.28. The fourth-order valence-corrected chi connectivity index (χ4v) is 9.98. The van der Waals surface area contributed by atoms with Gasteiger partial charge in [0.2, 0.25) is 5.95 Å². The topological polar surface area (TPSA) is 46.8 Å². The SMILES string of the molecule is C1=CCC2C(=C1)N(c1cccc(-c3ccccc3)c1)c1ccc(-c3ccc4c(c3)c3ccccc3n4-c3nc(-c4ccc5ccccc5c4)nc(-c4ccc5ccccc5c4)n3)cc12. The van der Waals surface area contributed by atoms with Crippen LogP contribution in [0.2, 0.25) is 0 Å². The molecule has 64 heavy (non-hydrogen) atoms. The lowest BCUT2D eigenvalue weighted by molar-refractivity contribution is 0.820. The highest BCUT2D eigenvalue weighted by atomic mass is 15.2. The fraction of sp³-hybridized carbons (Fsp3) is 0.0339. The monoisotopic (exact) mass is 817 g/mol. The fourth-order valence-electron chi connectivity index (χ4n) is 9.98. The molecule has 3 heterocycles. The maximum atomic E-state index is 5.28. The Labute approximate surface area is 370 Å². The van der Waals surface area contributed by atoms with Gasteiger partial charge in [-0.05, 0) is 116 Å². The molecule has 13 rings (SSSR count). The second-order valence-electron chi connectivity index (χ2n) is 16.8. The quantitative estimate of drug-likeness (QED) is 0.168. The normalized spacial score (nSPS) is 14.3. The first-order chi connectivity index (χ1) is 31.7. The van der Waals surface area contributed by atoms with E-state index in [9.17, 15) is 0 Å². The van der Waals surface area contributed by atoms with Crippen molar-refractivity contribution in [2.45, 2.75) is 12.3 Å². The third-order valence-corrected chi connectivity index (χ3v) is 13.1. The van der Waals surface area contributed by atoms with Crippen LogP contribution in [0.5, 0.6) is 0 Å². The molecule has 11 aromatic rings. The third kappa shape index (κ3) is 5.97. The van der Waals surface area contributed by atoms with Crippen LogP contribution >= 0.6 is 0 Å². The van der Waals surface area contributed by atoms with E-state index in [0.29, 0.717) is 17.6 Å². The largest absolute Gasteiger partial charge is 0.313 e. The Balaban J connectivity index is 0.946. The standard InChI is InChI=1S/C59H39N5/c1-2-13-38(14-3-1)43-19-12-20-48(35-43)63-53-23-10-8-21-49(53)51-36-44(29-31-55(51)63)45-30-32-56-52(37-45)50-22-9-11-24-54(50)64(56)59-61-57(46-27-25-39-15-4-6-17-41(39)33-46)60-58(62-59)47-28-26-40-16-5-7-18-42(40)34-47/h1-20,22-37,49H,21H2. The molecule has 0 N–H and O–H groups in total. The minimum atomic E-state index is 0.281. The van der Waals surface area contributed by atoms with E-state index in [-0.39, 0.29) is 5.92 Å². The minimum absolute atomic E-state index is 0.281. The number of rotatable bonds is 6. The number of para-hydroxylation sites is 1. The summed E-state index contributed by atoms with van der Waals surface area (Å²) in [5, 5.41) is 6.93. The zero-order chi connectivity index (χ0) is 42.1. The van der Waals surface area contributed by atoms with Gasteiger partial charge in [0.15, 0.2) is 11.6 Å². The number of benzene rings is 9. The summed E-state index contributed by atoms with van der Waals surface area (Å²) in [7, 11) is 0. The van der Waals surface area contributed by atoms with Crippen LogP contribution in [0.25, 0.3) is 94.3 Å². The molecule has 0 fully saturated rings. The predicted octanol–water partition coefficient (Wildman–Crippen LogP) is 15.0. The van der Waals surface area contributed by atoms with Gasteiger partial charge in [0.25, 0.3) is 0 Å². The van der Waals surface area contributed by atoms with Gasteiger partial charge in [0.05, 0.1) is 11.0 Å². The highest BCUT2D eigenvalue weighted by molar-refractivity contribution is 6.10. The molecule has 1 unspecified atom stereocenters. The molecule has 9 aromatic carbocycles. The lowest BCUT2D eigenvalue weighted by atomic mass is 9.90. The van der Waals surface area contributed by atoms with Crippen molar-refractivity contribution in [2.75, 3.05) is 4.90 Å². The van der Waals surface area contributed by atoms with Crippen LogP contribution < -0.4 is 4.90 Å². The maximum Gasteiger partial charge on any atom is 0.238 e. The summed E-state index contributed by atoms with van der Waals surface area (Å²) < 4.78 is 2.21. The van der Waals surface area contributed by atoms with Crippen molar-refractivity contribution >= 4 is 54.7 Å². The smallest absolute Gasteiger partial charge is 0.238 e. The van der Waals surface area contributed by atoms with E-state index < -0.39 is 0 Å². The van der Waals surface area contributed by atoms with Gasteiger partial charge in [-0.2, -0.15) is 9.97 Å². The van der Waals surface area contributed by atoms with Gasteiger partial charge in [-0.15, -0.1) is 0 Å². The van der Waals surface area contributed by atoms with Gasteiger partial charge in [-0.3, -0.25) is 4.57 Å². The van der Waals surface area contributed by atoms with Crippen molar-refractivity contribution in [2.24, 2.45) is 0 Å². The Morgan fingerprint density at radius 2 is 1.03 bits per heavy atom. The number of fused-ring (bicyclic) bond motifs is 8. The molecule has 2 aromatic heterocycles. The molecule has 300 valence electrons. The number of hydrogen-bond donors (Lipinski definition) is 0. The molecular formula is C59H39N5. The van der Waals surface area contributed by atoms with Gasteiger partial charge in [-0.1, -0.05) is 158 Å². The van der Waals surface area contributed by atoms with E-state index in [2.05, 4.69) is 228 Å². The van der Waals surface area contributed by atoms with Crippen molar-refractivity contribution < 1.29 is 0 Å². The lowest BCUT2D eigenvalue weighted by Gasteiger charge is -2.25. The van der Waals surface area contributed by atoms with Crippen LogP contribution in [0, 0.1) is 0 Å². The Morgan fingerprint density at radius 1 is 0.422 bits per heavy atom. The summed E-state index contributed by atoms with van der Waals surface area (Å²) in [6.07, 6.45) is 7.77. The molecule has 0 amide bonds. The highest BCUT2D eigenvalue weighted by Crippen LogP contribution is 2.52. The minimum Gasteiger partial charge on any atom is -0.313 e. The zero-order valence-corrected chi connectivity index (χ0v) is 34.8. The zero-order valence-electron chi connectivity index (χ0n) is 34.8. The van der Waals surface area contributed by atoms with Crippen molar-refractivity contribution in [1.29, 1.82) is 0 Å². The number of anilines is 2. The molecule has 0 saturated carbocycles. The Morgan fingerprint density at radius 3 is 1.80 bits per heavy atom. The van der Waals surface area contributed by atoms with Crippen LogP contribution in [0.3, 0.4) is 0 Å². The lowest BCUT2D eigenvalue weighted by Crippen LogP contribution is -2.14. The van der Waals surface area contributed by atoms with Gasteiger partial charge in [-0.25, -0.2) is 4.98 Å². The third-order valence-electron chi connectivity index (χ3n) is 13.1. The predicted molar refractivity (Wildman–Crippen MR) is 264 cm³/mol. The molecule has 0 spiro atoms. The molecule has 1 aliphatic heterocycles. The molecule has 5 heteroatoms. The van der Waals surface area contributed by atoms with Crippen LogP contribution in [-0.2, 0) is 0 Å². The molecule has 0 radical (unpaired) electrons. The summed E-state index contributed by atoms with van der Waals surface area (Å²) in [5.41, 5.74) is 13.9. The summed E-state index contributed by atoms with van der Waals surface area (Å²) >= 11 is 0. The Kier molecular flexibility index (Phi) is 8.28. The van der Waals surface area contributed by atoms with E-state index >= 15 is 0 Å². The van der Waals surface area contributed by atoms with E-state index in [1.54, 1.807) is 0 Å². The molecule has 0 bridgehead atoms. The van der Waals surface area contributed by atoms with Gasteiger partial charge >= 0.3 is 0 Å². The van der Waals surface area contributed by atoms with E-state index in [1.807, 2.05) is 0 Å². The number of hydrogen-bond acceptors (Lipinski definition) is 4. The summed E-state index contributed by atoms with van der Waals surface area (Å²) in [5.74, 6) is 2.13. The summed E-state index contributed by atoms with van der Waals surface area (Å²) in [4.78, 5) is 18.2. The average Bonchev–Trinajstić information content (AvgIpc) is 3.88. The van der Waals surface area contributed by atoms with Gasteiger partial charge in [0.1, 0.15) is 0 Å². The van der Waals surface area contributed by atoms with Gasteiger partial charge in [0, 0.05) is 44.9 Å². The van der Waals surface area contributed by atoms with Crippen LogP contribution in [0.1, 0.15) is 17.9 Å². The van der Waals surface area contributed by atoms with Crippen LogP contribution in [-0.4, -0.2) is 19.5 Å². The van der Waals surface area contributed by atoms with E-state index in [1.165, 1.54) is 55.7 Å². The van der Waals surface area contributed by atoms with Gasteiger partial charge < -0.3 is 4.90 Å². The molecule has 0 saturated heterocycles.